The number of likely N-dealkylation sites (tertiary alicyclic amines) is 1. The van der Waals surface area contributed by atoms with Gasteiger partial charge in [0.05, 0.1) is 6.54 Å². The van der Waals surface area contributed by atoms with Crippen molar-refractivity contribution in [1.82, 2.24) is 4.90 Å². The van der Waals surface area contributed by atoms with Gasteiger partial charge in [-0.05, 0) is 12.5 Å². The van der Waals surface area contributed by atoms with Gasteiger partial charge >= 0.3 is 0 Å². The Bertz CT molecular complexity index is 324. The number of imide groups is 1. The van der Waals surface area contributed by atoms with Crippen LogP contribution in [0.4, 0.5) is 0 Å². The lowest BCUT2D eigenvalue weighted by Gasteiger charge is -2.13. The number of hydrogen-bond acceptors (Lipinski definition) is 2. The van der Waals surface area contributed by atoms with Gasteiger partial charge < -0.3 is 0 Å². The van der Waals surface area contributed by atoms with E-state index in [4.69, 9.17) is 0 Å². The number of rotatable bonds is 4. The quantitative estimate of drug-likeness (QED) is 0.555. The first-order valence-corrected chi connectivity index (χ1v) is 5.96. The molecule has 17 heavy (non-hydrogen) atoms. The van der Waals surface area contributed by atoms with Crippen molar-refractivity contribution in [3.8, 4) is 0 Å². The van der Waals surface area contributed by atoms with Crippen molar-refractivity contribution in [3.63, 3.8) is 0 Å². The fourth-order valence-corrected chi connectivity index (χ4v) is 1.39. The van der Waals surface area contributed by atoms with E-state index >= 15 is 0 Å². The summed E-state index contributed by atoms with van der Waals surface area (Å²) in [4.78, 5) is 24.0. The largest absolute Gasteiger partial charge is 0.278 e. The van der Waals surface area contributed by atoms with Gasteiger partial charge in [0.2, 0.25) is 11.8 Å². The Balaban J connectivity index is 0.00000121. The molecule has 0 aliphatic carbocycles. The minimum absolute atomic E-state index is 0.0896. The van der Waals surface area contributed by atoms with Crippen LogP contribution in [0.15, 0.2) is 36.5 Å². The molecule has 0 aromatic heterocycles. The van der Waals surface area contributed by atoms with Crippen LogP contribution in [0.5, 0.6) is 0 Å². The minimum Gasteiger partial charge on any atom is -0.278 e. The van der Waals surface area contributed by atoms with Crippen molar-refractivity contribution in [2.45, 2.75) is 33.6 Å². The van der Waals surface area contributed by atoms with Crippen LogP contribution in [0.3, 0.4) is 0 Å². The van der Waals surface area contributed by atoms with Crippen LogP contribution in [-0.2, 0) is 9.59 Å². The van der Waals surface area contributed by atoms with Gasteiger partial charge in [0, 0.05) is 12.8 Å². The molecule has 2 amide bonds. The molecule has 3 nitrogen and oxygen atoms in total. The molecular formula is C14H21NO2. The molecule has 0 radical (unpaired) electrons. The summed E-state index contributed by atoms with van der Waals surface area (Å²) < 4.78 is 0. The van der Waals surface area contributed by atoms with Crippen LogP contribution in [-0.4, -0.2) is 23.3 Å². The van der Waals surface area contributed by atoms with Crippen LogP contribution in [0.2, 0.25) is 0 Å². The predicted octanol–water partition coefficient (Wildman–Crippen LogP) is 2.85. The van der Waals surface area contributed by atoms with Crippen LogP contribution >= 0.6 is 0 Å². The molecule has 0 unspecified atom stereocenters. The van der Waals surface area contributed by atoms with Crippen LogP contribution in [0, 0.1) is 0 Å². The molecular weight excluding hydrogens is 214 g/mol. The molecule has 1 rings (SSSR count). The highest BCUT2D eigenvalue weighted by Crippen LogP contribution is 2.14. The van der Waals surface area contributed by atoms with Crippen molar-refractivity contribution in [2.75, 3.05) is 6.54 Å². The Kier molecular flexibility index (Phi) is 7.68. The SMILES string of the molecule is C=C/C(=C\C=C/C)CN1C(=O)CCC1=O.CC. The van der Waals surface area contributed by atoms with E-state index in [0.29, 0.717) is 19.4 Å². The summed E-state index contributed by atoms with van der Waals surface area (Å²) in [5.41, 5.74) is 0.872. The zero-order valence-corrected chi connectivity index (χ0v) is 10.9. The molecule has 1 aliphatic heterocycles. The summed E-state index contributed by atoms with van der Waals surface area (Å²) in [6, 6.07) is 0. The maximum Gasteiger partial charge on any atom is 0.229 e. The number of allylic oxidation sites excluding steroid dienone is 3. The number of carbonyl (C=O) groups excluding carboxylic acids is 2. The van der Waals surface area contributed by atoms with E-state index in [2.05, 4.69) is 6.58 Å². The van der Waals surface area contributed by atoms with E-state index in [1.54, 1.807) is 6.08 Å². The molecule has 1 aliphatic rings. The first-order valence-electron chi connectivity index (χ1n) is 5.96. The zero-order valence-electron chi connectivity index (χ0n) is 10.9. The summed E-state index contributed by atoms with van der Waals surface area (Å²) in [5, 5.41) is 0. The molecule has 0 spiro atoms. The lowest BCUT2D eigenvalue weighted by molar-refractivity contribution is -0.137. The standard InChI is InChI=1S/C12H15NO2.C2H6/c1-3-5-6-10(4-2)9-13-11(14)7-8-12(13)15;1-2/h3-6H,2,7-9H2,1H3;1-2H3/b5-3-,10-6+;. The Labute approximate surface area is 103 Å². The van der Waals surface area contributed by atoms with Crippen LogP contribution in [0.25, 0.3) is 0 Å². The van der Waals surface area contributed by atoms with Gasteiger partial charge in [-0.15, -0.1) is 0 Å². The van der Waals surface area contributed by atoms with E-state index in [9.17, 15) is 9.59 Å². The second-order valence-electron chi connectivity index (χ2n) is 3.35. The lowest BCUT2D eigenvalue weighted by Crippen LogP contribution is -2.30. The molecule has 0 bridgehead atoms. The molecule has 0 atom stereocenters. The normalized spacial score (nSPS) is 16.2. The Morgan fingerprint density at radius 3 is 2.24 bits per heavy atom. The van der Waals surface area contributed by atoms with Gasteiger partial charge in [0.1, 0.15) is 0 Å². The summed E-state index contributed by atoms with van der Waals surface area (Å²) >= 11 is 0. The maximum atomic E-state index is 11.3. The molecule has 0 aromatic carbocycles. The second-order valence-corrected chi connectivity index (χ2v) is 3.35. The highest BCUT2D eigenvalue weighted by atomic mass is 16.2. The third-order valence-corrected chi connectivity index (χ3v) is 2.26. The van der Waals surface area contributed by atoms with E-state index in [-0.39, 0.29) is 11.8 Å². The third-order valence-electron chi connectivity index (χ3n) is 2.26. The Morgan fingerprint density at radius 2 is 1.82 bits per heavy atom. The van der Waals surface area contributed by atoms with Crippen molar-refractivity contribution in [2.24, 2.45) is 0 Å². The Morgan fingerprint density at radius 1 is 1.29 bits per heavy atom. The van der Waals surface area contributed by atoms with Crippen LogP contribution in [0.1, 0.15) is 33.6 Å². The lowest BCUT2D eigenvalue weighted by atomic mass is 10.2. The van der Waals surface area contributed by atoms with Crippen molar-refractivity contribution < 1.29 is 9.59 Å². The second kappa shape index (κ2) is 8.50. The number of hydrogen-bond donors (Lipinski definition) is 0. The molecule has 1 fully saturated rings. The fourth-order valence-electron chi connectivity index (χ4n) is 1.39. The molecule has 0 N–H and O–H groups in total. The summed E-state index contributed by atoms with van der Waals surface area (Å²) in [6.45, 7) is 9.90. The average Bonchev–Trinajstić information content (AvgIpc) is 2.68. The first-order chi connectivity index (χ1) is 8.19. The van der Waals surface area contributed by atoms with Gasteiger partial charge in [-0.25, -0.2) is 0 Å². The van der Waals surface area contributed by atoms with Crippen molar-refractivity contribution in [1.29, 1.82) is 0 Å². The number of carbonyl (C=O) groups is 2. The van der Waals surface area contributed by atoms with E-state index in [0.717, 1.165) is 5.57 Å². The summed E-state index contributed by atoms with van der Waals surface area (Å²) in [6.07, 6.45) is 7.95. The Hall–Kier alpha value is -1.64. The molecule has 94 valence electrons. The first kappa shape index (κ1) is 15.4. The zero-order chi connectivity index (χ0) is 13.3. The smallest absolute Gasteiger partial charge is 0.229 e. The maximum absolute atomic E-state index is 11.3. The number of nitrogens with zero attached hydrogens (tertiary/aromatic N) is 1. The monoisotopic (exact) mass is 235 g/mol. The van der Waals surface area contributed by atoms with Crippen LogP contribution < -0.4 is 0 Å². The van der Waals surface area contributed by atoms with Gasteiger partial charge in [-0.3, -0.25) is 14.5 Å². The van der Waals surface area contributed by atoms with Crippen molar-refractivity contribution >= 4 is 11.8 Å². The van der Waals surface area contributed by atoms with Crippen molar-refractivity contribution in [3.05, 3.63) is 36.5 Å². The number of amides is 2. The molecule has 0 aromatic rings. The van der Waals surface area contributed by atoms with Gasteiger partial charge in [-0.1, -0.05) is 44.7 Å². The summed E-state index contributed by atoms with van der Waals surface area (Å²) in [7, 11) is 0. The molecule has 3 heteroatoms. The fraction of sp³-hybridized carbons (Fsp3) is 0.429. The highest BCUT2D eigenvalue weighted by molar-refractivity contribution is 6.02. The third kappa shape index (κ3) is 4.81. The highest BCUT2D eigenvalue weighted by Gasteiger charge is 2.28. The predicted molar refractivity (Wildman–Crippen MR) is 70.4 cm³/mol. The van der Waals surface area contributed by atoms with E-state index in [1.165, 1.54) is 4.90 Å². The molecule has 1 saturated heterocycles. The minimum atomic E-state index is -0.0896. The molecule has 1 heterocycles. The van der Waals surface area contributed by atoms with Gasteiger partial charge in [0.25, 0.3) is 0 Å². The topological polar surface area (TPSA) is 37.4 Å². The van der Waals surface area contributed by atoms with E-state index < -0.39 is 0 Å². The summed E-state index contributed by atoms with van der Waals surface area (Å²) in [5.74, 6) is -0.179. The molecule has 0 saturated carbocycles. The van der Waals surface area contributed by atoms with Gasteiger partial charge in [0.15, 0.2) is 0 Å². The van der Waals surface area contributed by atoms with E-state index in [1.807, 2.05) is 39.0 Å². The van der Waals surface area contributed by atoms with Gasteiger partial charge in [-0.2, -0.15) is 0 Å². The average molecular weight is 235 g/mol.